The molecule has 0 unspecified atom stereocenters. The van der Waals surface area contributed by atoms with Gasteiger partial charge < -0.3 is 10.6 Å². The molecule has 5 fully saturated rings. The lowest BCUT2D eigenvalue weighted by molar-refractivity contribution is -0.0492. The fourth-order valence-electron chi connectivity index (χ4n) is 6.59. The molecule has 6 rings (SSSR count). The maximum absolute atomic E-state index is 5.52. The minimum Gasteiger partial charge on any atom is -0.360 e. The highest BCUT2D eigenvalue weighted by atomic mass is 32.1. The lowest BCUT2D eigenvalue weighted by atomic mass is 9.53. The molecule has 0 spiro atoms. The Morgan fingerprint density at radius 3 is 2.32 bits per heavy atom. The molecule has 136 valence electrons. The maximum Gasteiger partial charge on any atom is 0.172 e. The van der Waals surface area contributed by atoms with E-state index in [4.69, 9.17) is 17.3 Å². The van der Waals surface area contributed by atoms with Gasteiger partial charge in [-0.3, -0.25) is 4.68 Å². The van der Waals surface area contributed by atoms with Gasteiger partial charge in [0.2, 0.25) is 0 Å². The van der Waals surface area contributed by atoms with Crippen LogP contribution in [0.3, 0.4) is 0 Å². The van der Waals surface area contributed by atoms with Crippen LogP contribution < -0.4 is 10.6 Å². The van der Waals surface area contributed by atoms with E-state index in [0.29, 0.717) is 11.6 Å². The Kier molecular flexibility index (Phi) is 4.03. The van der Waals surface area contributed by atoms with Crippen molar-refractivity contribution in [2.75, 3.05) is 5.32 Å². The topological polar surface area (TPSA) is 41.9 Å². The lowest BCUT2D eigenvalue weighted by Crippen LogP contribution is -2.52. The summed E-state index contributed by atoms with van der Waals surface area (Å²) >= 11 is 5.52. The number of hydrogen-bond donors (Lipinski definition) is 2. The number of hydrogen-bond acceptors (Lipinski definition) is 2. The number of nitrogens with one attached hydrogen (secondary N) is 2. The van der Waals surface area contributed by atoms with Gasteiger partial charge >= 0.3 is 0 Å². The lowest BCUT2D eigenvalue weighted by Gasteiger charge is -2.56. The Morgan fingerprint density at radius 2 is 1.68 bits per heavy atom. The van der Waals surface area contributed by atoms with Crippen molar-refractivity contribution < 1.29 is 0 Å². The van der Waals surface area contributed by atoms with Gasteiger partial charge in [0.15, 0.2) is 10.9 Å². The van der Waals surface area contributed by atoms with Crippen LogP contribution in [0.15, 0.2) is 12.3 Å². The molecule has 0 radical (unpaired) electrons. The van der Waals surface area contributed by atoms with Crippen molar-refractivity contribution in [3.8, 4) is 0 Å². The molecule has 0 atom stereocenters. The van der Waals surface area contributed by atoms with Crippen LogP contribution in [0.4, 0.5) is 5.82 Å². The van der Waals surface area contributed by atoms with E-state index in [9.17, 15) is 0 Å². The third-order valence-electron chi connectivity index (χ3n) is 7.26. The van der Waals surface area contributed by atoms with Gasteiger partial charge in [0, 0.05) is 18.3 Å². The van der Waals surface area contributed by atoms with Gasteiger partial charge in [-0.25, -0.2) is 0 Å². The van der Waals surface area contributed by atoms with Gasteiger partial charge in [-0.15, -0.1) is 0 Å². The van der Waals surface area contributed by atoms with Gasteiger partial charge in [0.1, 0.15) is 0 Å². The Morgan fingerprint density at radius 1 is 1.04 bits per heavy atom. The maximum atomic E-state index is 5.52. The first-order valence-corrected chi connectivity index (χ1v) is 10.7. The first-order valence-electron chi connectivity index (χ1n) is 10.3. The highest BCUT2D eigenvalue weighted by Crippen LogP contribution is 2.58. The van der Waals surface area contributed by atoms with Crippen LogP contribution in [-0.4, -0.2) is 20.9 Å². The number of aromatic nitrogens is 2. The van der Waals surface area contributed by atoms with Crippen LogP contribution in [0.2, 0.25) is 0 Å². The average Bonchev–Trinajstić information content (AvgIpc) is 3.04. The van der Waals surface area contributed by atoms with E-state index in [2.05, 4.69) is 27.6 Å². The molecule has 4 bridgehead atoms. The molecule has 2 N–H and O–H groups in total. The van der Waals surface area contributed by atoms with Crippen molar-refractivity contribution in [1.29, 1.82) is 0 Å². The van der Waals surface area contributed by atoms with Crippen LogP contribution in [0.5, 0.6) is 0 Å². The van der Waals surface area contributed by atoms with Crippen LogP contribution in [-0.2, 0) is 5.54 Å². The molecule has 0 aromatic carbocycles. The molecule has 0 saturated heterocycles. The summed E-state index contributed by atoms with van der Waals surface area (Å²) in [4.78, 5) is 0. The smallest absolute Gasteiger partial charge is 0.172 e. The highest BCUT2D eigenvalue weighted by Gasteiger charge is 2.52. The summed E-state index contributed by atoms with van der Waals surface area (Å²) in [6.07, 6.45) is 17.1. The second kappa shape index (κ2) is 6.26. The molecule has 5 aliphatic carbocycles. The largest absolute Gasteiger partial charge is 0.360 e. The zero-order valence-corrected chi connectivity index (χ0v) is 15.9. The molecule has 0 aliphatic heterocycles. The molecule has 5 heteroatoms. The first kappa shape index (κ1) is 16.1. The van der Waals surface area contributed by atoms with E-state index in [1.54, 1.807) is 0 Å². The quantitative estimate of drug-likeness (QED) is 0.785. The van der Waals surface area contributed by atoms with Gasteiger partial charge in [-0.1, -0.05) is 19.3 Å². The third kappa shape index (κ3) is 3.09. The van der Waals surface area contributed by atoms with Gasteiger partial charge in [0.25, 0.3) is 0 Å². The number of thiocarbonyl (C=S) groups is 1. The van der Waals surface area contributed by atoms with Gasteiger partial charge in [-0.05, 0) is 81.3 Å². The van der Waals surface area contributed by atoms with Crippen LogP contribution in [0.25, 0.3) is 0 Å². The minimum absolute atomic E-state index is 0.299. The zero-order chi connectivity index (χ0) is 16.9. The van der Waals surface area contributed by atoms with E-state index < -0.39 is 0 Å². The number of nitrogens with zero attached hydrogens (tertiary/aromatic N) is 2. The third-order valence-corrected chi connectivity index (χ3v) is 7.48. The van der Waals surface area contributed by atoms with Gasteiger partial charge in [-0.2, -0.15) is 5.10 Å². The van der Waals surface area contributed by atoms with Gasteiger partial charge in [0.05, 0.1) is 5.54 Å². The summed E-state index contributed by atoms with van der Waals surface area (Å²) in [7, 11) is 0. The van der Waals surface area contributed by atoms with Crippen molar-refractivity contribution in [2.45, 2.75) is 82.2 Å². The molecule has 1 heterocycles. The summed E-state index contributed by atoms with van der Waals surface area (Å²) in [5, 5.41) is 12.5. The predicted octanol–water partition coefficient (Wildman–Crippen LogP) is 4.43. The highest BCUT2D eigenvalue weighted by molar-refractivity contribution is 7.80. The zero-order valence-electron chi connectivity index (χ0n) is 15.0. The predicted molar refractivity (Wildman–Crippen MR) is 105 cm³/mol. The molecule has 1 aromatic rings. The standard InChI is InChI=1S/C20H30N4S/c25-19(21-17-4-2-1-3-5-17)22-18-6-7-24(23-18)20-11-14-8-15(12-20)10-16(9-14)13-20/h6-7,14-17H,1-5,8-13H2,(H2,21,22,23,25). The number of anilines is 1. The van der Waals surface area contributed by atoms with Crippen molar-refractivity contribution in [2.24, 2.45) is 17.8 Å². The van der Waals surface area contributed by atoms with Crippen LogP contribution in [0, 0.1) is 17.8 Å². The minimum atomic E-state index is 0.299. The Hall–Kier alpha value is -1.10. The summed E-state index contributed by atoms with van der Waals surface area (Å²) in [5.41, 5.74) is 0.299. The molecule has 5 aliphatic rings. The van der Waals surface area contributed by atoms with Crippen molar-refractivity contribution in [3.63, 3.8) is 0 Å². The van der Waals surface area contributed by atoms with E-state index in [0.717, 1.165) is 28.7 Å². The Bertz CT molecular complexity index is 611. The van der Waals surface area contributed by atoms with Crippen molar-refractivity contribution >= 4 is 23.1 Å². The van der Waals surface area contributed by atoms with Crippen molar-refractivity contribution in [1.82, 2.24) is 15.1 Å². The fourth-order valence-corrected chi connectivity index (χ4v) is 6.86. The average molecular weight is 359 g/mol. The monoisotopic (exact) mass is 358 g/mol. The van der Waals surface area contributed by atoms with Crippen LogP contribution in [0.1, 0.15) is 70.6 Å². The second-order valence-corrected chi connectivity index (χ2v) is 9.63. The molecular formula is C20H30N4S. The molecule has 1 aromatic heterocycles. The Labute approximate surface area is 156 Å². The normalized spacial score (nSPS) is 37.2. The van der Waals surface area contributed by atoms with Crippen LogP contribution >= 0.6 is 12.2 Å². The molecule has 25 heavy (non-hydrogen) atoms. The van der Waals surface area contributed by atoms with E-state index in [1.165, 1.54) is 70.6 Å². The molecular weight excluding hydrogens is 328 g/mol. The summed E-state index contributed by atoms with van der Waals surface area (Å²) in [6.45, 7) is 0. The molecule has 0 amide bonds. The fraction of sp³-hybridized carbons (Fsp3) is 0.800. The molecule has 4 nitrogen and oxygen atoms in total. The Balaban J connectivity index is 1.25. The second-order valence-electron chi connectivity index (χ2n) is 9.22. The summed E-state index contributed by atoms with van der Waals surface area (Å²) < 4.78 is 2.29. The summed E-state index contributed by atoms with van der Waals surface area (Å²) in [6, 6.07) is 2.65. The van der Waals surface area contributed by atoms with E-state index in [1.807, 2.05) is 0 Å². The van der Waals surface area contributed by atoms with E-state index in [-0.39, 0.29) is 0 Å². The summed E-state index contributed by atoms with van der Waals surface area (Å²) in [5.74, 6) is 3.74. The molecule has 5 saturated carbocycles. The number of rotatable bonds is 3. The van der Waals surface area contributed by atoms with E-state index >= 15 is 0 Å². The van der Waals surface area contributed by atoms with Crippen molar-refractivity contribution in [3.05, 3.63) is 12.3 Å². The first-order chi connectivity index (χ1) is 12.2. The SMILES string of the molecule is S=C(Nc1ccn(C23CC4CC(CC(C4)C2)C3)n1)NC1CCCCC1.